The van der Waals surface area contributed by atoms with Gasteiger partial charge in [-0.1, -0.05) is 5.92 Å². The molecule has 62 valence electrons. The third-order valence-electron chi connectivity index (χ3n) is 1.02. The zero-order chi connectivity index (χ0) is 9.14. The Morgan fingerprint density at radius 2 is 2.50 bits per heavy atom. The lowest BCUT2D eigenvalue weighted by atomic mass is 10.7. The summed E-state index contributed by atoms with van der Waals surface area (Å²) in [5.41, 5.74) is 0. The van der Waals surface area contributed by atoms with Crippen molar-refractivity contribution in [2.75, 3.05) is 0 Å². The van der Waals surface area contributed by atoms with Gasteiger partial charge in [0.15, 0.2) is 0 Å². The van der Waals surface area contributed by atoms with E-state index in [1.165, 1.54) is 4.68 Å². The summed E-state index contributed by atoms with van der Waals surface area (Å²) in [5.74, 6) is 1.82. The smallest absolute Gasteiger partial charge is 0.390 e. The van der Waals surface area contributed by atoms with Crippen molar-refractivity contribution in [1.29, 1.82) is 0 Å². The molecule has 0 amide bonds. The van der Waals surface area contributed by atoms with Gasteiger partial charge in [0.2, 0.25) is 0 Å². The summed E-state index contributed by atoms with van der Waals surface area (Å²) >= 11 is 2.98. The molecule has 0 aliphatic carbocycles. The Kier molecular flexibility index (Phi) is 2.40. The van der Waals surface area contributed by atoms with E-state index in [2.05, 4.69) is 31.9 Å². The molecule has 7 heteroatoms. The molecule has 1 aromatic heterocycles. The van der Waals surface area contributed by atoms with Crippen LogP contribution < -0.4 is 0 Å². The number of aromatic nitrogens is 3. The van der Waals surface area contributed by atoms with Crippen molar-refractivity contribution in [2.45, 2.75) is 6.54 Å². The van der Waals surface area contributed by atoms with Gasteiger partial charge in [-0.05, 0) is 9.91 Å². The van der Waals surface area contributed by atoms with Crippen LogP contribution in [0.3, 0.4) is 0 Å². The summed E-state index contributed by atoms with van der Waals surface area (Å²) in [4.78, 5) is 13.0. The predicted molar refractivity (Wildman–Crippen MR) is 43.2 cm³/mol. The van der Waals surface area contributed by atoms with Gasteiger partial charge in [-0.3, -0.25) is 0 Å². The number of hydrogen-bond donors (Lipinski definition) is 0. The van der Waals surface area contributed by atoms with E-state index >= 15 is 0 Å². The van der Waals surface area contributed by atoms with E-state index in [9.17, 15) is 10.1 Å². The molecule has 0 saturated heterocycles. The first-order valence-corrected chi connectivity index (χ1v) is 3.62. The Morgan fingerprint density at radius 3 is 2.92 bits per heavy atom. The number of nitro groups is 1. The highest BCUT2D eigenvalue weighted by Crippen LogP contribution is 2.10. The second kappa shape index (κ2) is 3.32. The Morgan fingerprint density at radius 1 is 1.83 bits per heavy atom. The first kappa shape index (κ1) is 8.67. The number of hydrogen-bond acceptors (Lipinski definition) is 4. The Labute approximate surface area is 75.9 Å². The highest BCUT2D eigenvalue weighted by molar-refractivity contribution is 9.10. The van der Waals surface area contributed by atoms with Crippen LogP contribution in [-0.4, -0.2) is 19.7 Å². The lowest BCUT2D eigenvalue weighted by molar-refractivity contribution is -0.394. The van der Waals surface area contributed by atoms with Gasteiger partial charge in [0, 0.05) is 21.0 Å². The van der Waals surface area contributed by atoms with Crippen molar-refractivity contribution >= 4 is 21.9 Å². The van der Waals surface area contributed by atoms with Crippen molar-refractivity contribution in [3.63, 3.8) is 0 Å². The first-order valence-electron chi connectivity index (χ1n) is 2.83. The summed E-state index contributed by atoms with van der Waals surface area (Å²) in [6, 6.07) is 0. The SMILES string of the molecule is C#CCn1nc([N+](=O)[O-])nc1Br. The molecule has 1 aromatic rings. The van der Waals surface area contributed by atoms with Gasteiger partial charge in [0.25, 0.3) is 4.73 Å². The maximum absolute atomic E-state index is 10.2. The van der Waals surface area contributed by atoms with Crippen LogP contribution in [0.5, 0.6) is 0 Å². The zero-order valence-corrected chi connectivity index (χ0v) is 7.35. The highest BCUT2D eigenvalue weighted by Gasteiger charge is 2.18. The van der Waals surface area contributed by atoms with Gasteiger partial charge < -0.3 is 10.1 Å². The van der Waals surface area contributed by atoms with Gasteiger partial charge >= 0.3 is 5.95 Å². The monoisotopic (exact) mass is 230 g/mol. The van der Waals surface area contributed by atoms with E-state index in [1.54, 1.807) is 0 Å². The molecule has 0 aliphatic rings. The molecule has 0 bridgehead atoms. The van der Waals surface area contributed by atoms with Crippen LogP contribution in [0.25, 0.3) is 0 Å². The summed E-state index contributed by atoms with van der Waals surface area (Å²) in [6.07, 6.45) is 4.99. The highest BCUT2D eigenvalue weighted by atomic mass is 79.9. The number of rotatable bonds is 2. The normalized spacial score (nSPS) is 9.33. The van der Waals surface area contributed by atoms with Gasteiger partial charge in [-0.15, -0.1) is 11.1 Å². The molecule has 1 rings (SSSR count). The molecule has 0 unspecified atom stereocenters. The van der Waals surface area contributed by atoms with Crippen LogP contribution in [0.1, 0.15) is 0 Å². The second-order valence-electron chi connectivity index (χ2n) is 1.80. The van der Waals surface area contributed by atoms with Crippen molar-refractivity contribution in [2.24, 2.45) is 0 Å². The predicted octanol–water partition coefficient (Wildman–Crippen LogP) is 0.582. The van der Waals surface area contributed by atoms with Gasteiger partial charge in [-0.2, -0.15) is 0 Å². The Balaban J connectivity index is 3.02. The molecular weight excluding hydrogens is 228 g/mol. The van der Waals surface area contributed by atoms with E-state index in [4.69, 9.17) is 6.42 Å². The molecular formula is C5H3BrN4O2. The fourth-order valence-electron chi connectivity index (χ4n) is 0.576. The van der Waals surface area contributed by atoms with E-state index in [-0.39, 0.29) is 11.3 Å². The van der Waals surface area contributed by atoms with Crippen molar-refractivity contribution < 1.29 is 4.92 Å². The fraction of sp³-hybridized carbons (Fsp3) is 0.200. The van der Waals surface area contributed by atoms with E-state index in [1.807, 2.05) is 0 Å². The fourth-order valence-corrected chi connectivity index (χ4v) is 0.940. The third kappa shape index (κ3) is 1.60. The Hall–Kier alpha value is -1.42. The van der Waals surface area contributed by atoms with Crippen molar-refractivity contribution in [3.05, 3.63) is 14.8 Å². The van der Waals surface area contributed by atoms with E-state index in [0.717, 1.165) is 0 Å². The molecule has 0 N–H and O–H groups in total. The van der Waals surface area contributed by atoms with Crippen LogP contribution in [0.2, 0.25) is 0 Å². The topological polar surface area (TPSA) is 73.8 Å². The molecule has 0 aliphatic heterocycles. The number of nitrogens with zero attached hydrogens (tertiary/aromatic N) is 4. The second-order valence-corrected chi connectivity index (χ2v) is 2.51. The van der Waals surface area contributed by atoms with Crippen LogP contribution in [0.4, 0.5) is 5.95 Å². The largest absolute Gasteiger partial charge is 0.492 e. The third-order valence-corrected chi connectivity index (χ3v) is 1.61. The standard InChI is InChI=1S/C5H3BrN4O2/c1-2-3-9-4(6)7-5(8-9)10(11)12/h1H,3H2. The Bertz CT molecular complexity index is 353. The number of halogens is 1. The molecule has 0 saturated carbocycles. The van der Waals surface area contributed by atoms with Crippen molar-refractivity contribution in [3.8, 4) is 12.3 Å². The summed E-state index contributed by atoms with van der Waals surface area (Å²) in [6.45, 7) is 0.154. The zero-order valence-electron chi connectivity index (χ0n) is 5.77. The summed E-state index contributed by atoms with van der Waals surface area (Å²) < 4.78 is 1.48. The molecule has 6 nitrogen and oxygen atoms in total. The number of terminal acetylenes is 1. The quantitative estimate of drug-likeness (QED) is 0.424. The van der Waals surface area contributed by atoms with Crippen LogP contribution in [0.15, 0.2) is 4.73 Å². The van der Waals surface area contributed by atoms with E-state index < -0.39 is 10.9 Å². The maximum Gasteiger partial charge on any atom is 0.492 e. The molecule has 1 heterocycles. The average molecular weight is 231 g/mol. The van der Waals surface area contributed by atoms with Gasteiger partial charge in [-0.25, -0.2) is 0 Å². The molecule has 0 spiro atoms. The summed E-state index contributed by atoms with van der Waals surface area (Å²) in [7, 11) is 0. The minimum absolute atomic E-state index is 0.154. The minimum Gasteiger partial charge on any atom is -0.390 e. The molecule has 0 fully saturated rings. The molecule has 12 heavy (non-hydrogen) atoms. The first-order chi connectivity index (χ1) is 5.65. The van der Waals surface area contributed by atoms with Crippen LogP contribution in [0, 0.1) is 22.5 Å². The van der Waals surface area contributed by atoms with E-state index in [0.29, 0.717) is 0 Å². The lowest BCUT2D eigenvalue weighted by Crippen LogP contribution is -1.98. The summed E-state index contributed by atoms with van der Waals surface area (Å²) in [5, 5.41) is 13.7. The molecule has 0 aromatic carbocycles. The lowest BCUT2D eigenvalue weighted by Gasteiger charge is -1.85. The van der Waals surface area contributed by atoms with Gasteiger partial charge in [0.1, 0.15) is 6.54 Å². The maximum atomic E-state index is 10.2. The molecule has 0 atom stereocenters. The average Bonchev–Trinajstić information content (AvgIpc) is 2.34. The van der Waals surface area contributed by atoms with Crippen LogP contribution >= 0.6 is 15.9 Å². The van der Waals surface area contributed by atoms with Gasteiger partial charge in [0.05, 0.1) is 0 Å². The van der Waals surface area contributed by atoms with Crippen molar-refractivity contribution in [1.82, 2.24) is 14.8 Å². The van der Waals surface area contributed by atoms with Crippen LogP contribution in [-0.2, 0) is 6.54 Å². The molecule has 0 radical (unpaired) electrons. The minimum atomic E-state index is -0.683.